The van der Waals surface area contributed by atoms with Crippen LogP contribution >= 0.6 is 0 Å². The third kappa shape index (κ3) is 3.62. The number of hydrogen-bond acceptors (Lipinski definition) is 4. The SMILES string of the molecule is CCN1CCN(Cc2cc(C)c(CNC3CC3)o2)CC1. The van der Waals surface area contributed by atoms with Crippen molar-refractivity contribution in [3.63, 3.8) is 0 Å². The number of rotatable bonds is 6. The quantitative estimate of drug-likeness (QED) is 0.861. The second-order valence-corrected chi connectivity index (χ2v) is 6.18. The minimum atomic E-state index is 0.741. The first-order valence-electron chi connectivity index (χ1n) is 8.01. The lowest BCUT2D eigenvalue weighted by molar-refractivity contribution is 0.125. The first-order valence-corrected chi connectivity index (χ1v) is 8.01. The molecule has 4 nitrogen and oxygen atoms in total. The van der Waals surface area contributed by atoms with Crippen molar-refractivity contribution in [2.75, 3.05) is 32.7 Å². The lowest BCUT2D eigenvalue weighted by Gasteiger charge is -2.33. The van der Waals surface area contributed by atoms with Crippen molar-refractivity contribution in [2.45, 2.75) is 45.8 Å². The normalized spacial score (nSPS) is 21.5. The van der Waals surface area contributed by atoms with E-state index >= 15 is 0 Å². The topological polar surface area (TPSA) is 31.6 Å². The van der Waals surface area contributed by atoms with Crippen LogP contribution in [0.2, 0.25) is 0 Å². The highest BCUT2D eigenvalue weighted by atomic mass is 16.3. The van der Waals surface area contributed by atoms with Gasteiger partial charge in [0.05, 0.1) is 13.1 Å². The Morgan fingerprint density at radius 2 is 1.90 bits per heavy atom. The Kier molecular flexibility index (Phi) is 4.44. The maximum atomic E-state index is 6.03. The fraction of sp³-hybridized carbons (Fsp3) is 0.750. The van der Waals surface area contributed by atoms with Gasteiger partial charge in [-0.15, -0.1) is 0 Å². The Morgan fingerprint density at radius 1 is 1.20 bits per heavy atom. The van der Waals surface area contributed by atoms with E-state index in [1.54, 1.807) is 0 Å². The highest BCUT2D eigenvalue weighted by Crippen LogP contribution is 2.21. The molecule has 1 N–H and O–H groups in total. The summed E-state index contributed by atoms with van der Waals surface area (Å²) in [6.45, 7) is 12.1. The highest BCUT2D eigenvalue weighted by molar-refractivity contribution is 5.20. The summed E-state index contributed by atoms with van der Waals surface area (Å²) < 4.78 is 6.03. The van der Waals surface area contributed by atoms with E-state index in [1.807, 2.05) is 0 Å². The smallest absolute Gasteiger partial charge is 0.120 e. The number of likely N-dealkylation sites (N-methyl/N-ethyl adjacent to an activating group) is 1. The molecule has 1 saturated heterocycles. The molecule has 4 heteroatoms. The third-order valence-electron chi connectivity index (χ3n) is 4.49. The van der Waals surface area contributed by atoms with Crippen LogP contribution in [0.25, 0.3) is 0 Å². The number of piperazine rings is 1. The molecular formula is C16H27N3O. The summed E-state index contributed by atoms with van der Waals surface area (Å²) in [5.74, 6) is 2.25. The van der Waals surface area contributed by atoms with E-state index in [0.29, 0.717) is 0 Å². The molecule has 2 heterocycles. The van der Waals surface area contributed by atoms with Crippen LogP contribution in [0.3, 0.4) is 0 Å². The fourth-order valence-electron chi connectivity index (χ4n) is 2.85. The second-order valence-electron chi connectivity index (χ2n) is 6.18. The Morgan fingerprint density at radius 3 is 2.55 bits per heavy atom. The standard InChI is InChI=1S/C16H27N3O/c1-3-18-6-8-19(9-7-18)12-15-10-13(2)16(20-15)11-17-14-4-5-14/h10,14,17H,3-9,11-12H2,1-2H3. The van der Waals surface area contributed by atoms with Gasteiger partial charge in [-0.1, -0.05) is 6.92 Å². The van der Waals surface area contributed by atoms with E-state index in [-0.39, 0.29) is 0 Å². The van der Waals surface area contributed by atoms with E-state index in [1.165, 1.54) is 38.0 Å². The summed E-state index contributed by atoms with van der Waals surface area (Å²) in [6, 6.07) is 2.96. The summed E-state index contributed by atoms with van der Waals surface area (Å²) in [5, 5.41) is 3.53. The Hall–Kier alpha value is -0.840. The number of furan rings is 1. The van der Waals surface area contributed by atoms with Gasteiger partial charge in [0.1, 0.15) is 11.5 Å². The maximum Gasteiger partial charge on any atom is 0.120 e. The van der Waals surface area contributed by atoms with Gasteiger partial charge in [-0.3, -0.25) is 4.90 Å². The van der Waals surface area contributed by atoms with Crippen molar-refractivity contribution < 1.29 is 4.42 Å². The molecule has 2 fully saturated rings. The van der Waals surface area contributed by atoms with Crippen LogP contribution in [-0.2, 0) is 13.1 Å². The van der Waals surface area contributed by atoms with Crippen molar-refractivity contribution in [2.24, 2.45) is 0 Å². The fourth-order valence-corrected chi connectivity index (χ4v) is 2.85. The largest absolute Gasteiger partial charge is 0.463 e. The van der Waals surface area contributed by atoms with Crippen molar-refractivity contribution >= 4 is 0 Å². The van der Waals surface area contributed by atoms with Crippen LogP contribution in [-0.4, -0.2) is 48.6 Å². The Labute approximate surface area is 122 Å². The molecule has 1 aliphatic carbocycles. The van der Waals surface area contributed by atoms with Gasteiger partial charge in [0.2, 0.25) is 0 Å². The van der Waals surface area contributed by atoms with Gasteiger partial charge in [-0.05, 0) is 37.9 Å². The lowest BCUT2D eigenvalue weighted by atomic mass is 10.2. The first-order chi connectivity index (χ1) is 9.74. The predicted octanol–water partition coefficient (Wildman–Crippen LogP) is 1.98. The molecule has 0 radical (unpaired) electrons. The van der Waals surface area contributed by atoms with Crippen LogP contribution in [0.15, 0.2) is 10.5 Å². The van der Waals surface area contributed by atoms with Crippen LogP contribution < -0.4 is 5.32 Å². The molecule has 0 aromatic carbocycles. The van der Waals surface area contributed by atoms with Crippen molar-refractivity contribution in [3.05, 3.63) is 23.2 Å². The predicted molar refractivity (Wildman–Crippen MR) is 80.7 cm³/mol. The molecule has 0 unspecified atom stereocenters. The molecule has 3 rings (SSSR count). The first kappa shape index (κ1) is 14.1. The zero-order chi connectivity index (χ0) is 13.9. The van der Waals surface area contributed by atoms with E-state index in [2.05, 4.69) is 35.0 Å². The summed E-state index contributed by atoms with van der Waals surface area (Å²) in [4.78, 5) is 5.01. The van der Waals surface area contributed by atoms with Crippen LogP contribution in [0.5, 0.6) is 0 Å². The monoisotopic (exact) mass is 277 g/mol. The van der Waals surface area contributed by atoms with Gasteiger partial charge in [0.15, 0.2) is 0 Å². The van der Waals surface area contributed by atoms with Crippen LogP contribution in [0.1, 0.15) is 36.8 Å². The van der Waals surface area contributed by atoms with Gasteiger partial charge >= 0.3 is 0 Å². The summed E-state index contributed by atoms with van der Waals surface area (Å²) in [6.07, 6.45) is 2.66. The summed E-state index contributed by atoms with van der Waals surface area (Å²) in [7, 11) is 0. The van der Waals surface area contributed by atoms with Crippen molar-refractivity contribution in [3.8, 4) is 0 Å². The third-order valence-corrected chi connectivity index (χ3v) is 4.49. The number of hydrogen-bond donors (Lipinski definition) is 1. The van der Waals surface area contributed by atoms with E-state index in [4.69, 9.17) is 4.42 Å². The van der Waals surface area contributed by atoms with Gasteiger partial charge in [0, 0.05) is 32.2 Å². The molecule has 112 valence electrons. The molecule has 0 bridgehead atoms. The minimum absolute atomic E-state index is 0.741. The lowest BCUT2D eigenvalue weighted by Crippen LogP contribution is -2.45. The molecule has 0 atom stereocenters. The molecule has 2 aliphatic rings. The Balaban J connectivity index is 1.50. The van der Waals surface area contributed by atoms with Gasteiger partial charge in [-0.2, -0.15) is 0 Å². The van der Waals surface area contributed by atoms with Gasteiger partial charge < -0.3 is 14.6 Å². The van der Waals surface area contributed by atoms with Crippen molar-refractivity contribution in [1.29, 1.82) is 0 Å². The number of aryl methyl sites for hydroxylation is 1. The zero-order valence-electron chi connectivity index (χ0n) is 12.8. The summed E-state index contributed by atoms with van der Waals surface area (Å²) >= 11 is 0. The minimum Gasteiger partial charge on any atom is -0.463 e. The molecule has 1 saturated carbocycles. The van der Waals surface area contributed by atoms with E-state index in [9.17, 15) is 0 Å². The molecule has 1 aromatic heterocycles. The van der Waals surface area contributed by atoms with E-state index < -0.39 is 0 Å². The van der Waals surface area contributed by atoms with Crippen LogP contribution in [0.4, 0.5) is 0 Å². The van der Waals surface area contributed by atoms with Gasteiger partial charge in [-0.25, -0.2) is 0 Å². The molecular weight excluding hydrogens is 250 g/mol. The van der Waals surface area contributed by atoms with Crippen LogP contribution in [0, 0.1) is 6.92 Å². The highest BCUT2D eigenvalue weighted by Gasteiger charge is 2.22. The number of nitrogens with zero attached hydrogens (tertiary/aromatic N) is 2. The molecule has 1 aliphatic heterocycles. The molecule has 1 aromatic rings. The van der Waals surface area contributed by atoms with Gasteiger partial charge in [0.25, 0.3) is 0 Å². The maximum absolute atomic E-state index is 6.03. The zero-order valence-corrected chi connectivity index (χ0v) is 12.8. The van der Waals surface area contributed by atoms with E-state index in [0.717, 1.165) is 43.7 Å². The average Bonchev–Trinajstić information content (AvgIpc) is 3.22. The average molecular weight is 277 g/mol. The summed E-state index contributed by atoms with van der Waals surface area (Å²) in [5.41, 5.74) is 1.29. The Bertz CT molecular complexity index is 431. The molecule has 0 spiro atoms. The number of nitrogens with one attached hydrogen (secondary N) is 1. The molecule has 20 heavy (non-hydrogen) atoms. The second kappa shape index (κ2) is 6.29. The van der Waals surface area contributed by atoms with Crippen molar-refractivity contribution in [1.82, 2.24) is 15.1 Å². The molecule has 0 amide bonds.